The zero-order valence-corrected chi connectivity index (χ0v) is 13.1. The molecule has 0 saturated carbocycles. The first-order chi connectivity index (χ1) is 9.50. The van der Waals surface area contributed by atoms with E-state index in [2.05, 4.69) is 9.68 Å². The van der Waals surface area contributed by atoms with Crippen LogP contribution in [0.5, 0.6) is 0 Å². The Balaban J connectivity index is 2.98. The van der Waals surface area contributed by atoms with Gasteiger partial charge in [0.2, 0.25) is 10.0 Å². The van der Waals surface area contributed by atoms with Crippen molar-refractivity contribution in [3.8, 4) is 0 Å². The summed E-state index contributed by atoms with van der Waals surface area (Å²) in [7, 11) is -6.23. The van der Waals surface area contributed by atoms with E-state index >= 15 is 0 Å². The summed E-state index contributed by atoms with van der Waals surface area (Å²) in [6.07, 6.45) is 2.96. The van der Waals surface area contributed by atoms with Gasteiger partial charge >= 0.3 is 0 Å². The minimum absolute atomic E-state index is 0.140. The van der Waals surface area contributed by atoms with E-state index in [9.17, 15) is 22.7 Å². The molecule has 0 aliphatic carbocycles. The first-order valence-corrected chi connectivity index (χ1v) is 9.56. The summed E-state index contributed by atoms with van der Waals surface area (Å²) in [5, 5.41) is 18.6. The molecular weight excluding hydrogens is 320 g/mol. The van der Waals surface area contributed by atoms with Gasteiger partial charge in [-0.25, -0.2) is 17.9 Å². The highest BCUT2D eigenvalue weighted by Crippen LogP contribution is 2.26. The van der Waals surface area contributed by atoms with Gasteiger partial charge < -0.3 is 5.32 Å². The van der Waals surface area contributed by atoms with Crippen molar-refractivity contribution in [2.24, 2.45) is 9.50 Å². The molecule has 9 nitrogen and oxygen atoms in total. The molecule has 0 heterocycles. The van der Waals surface area contributed by atoms with Gasteiger partial charge in [-0.2, -0.15) is 0 Å². The van der Waals surface area contributed by atoms with Gasteiger partial charge in [0.05, 0.1) is 16.4 Å². The maximum atomic E-state index is 11.3. The summed E-state index contributed by atoms with van der Waals surface area (Å²) >= 11 is 0. The number of primary sulfonamides is 1. The molecule has 0 aliphatic rings. The molecule has 0 unspecified atom stereocenters. The lowest BCUT2D eigenvalue weighted by Gasteiger charge is -2.07. The minimum Gasteiger partial charge on any atom is -0.378 e. The number of nitrogens with zero attached hydrogens (tertiary/aromatic N) is 2. The summed E-state index contributed by atoms with van der Waals surface area (Å²) in [5.74, 6) is 0. The zero-order valence-electron chi connectivity index (χ0n) is 11.5. The Hall–Kier alpha value is -1.72. The monoisotopic (exact) mass is 336 g/mol. The Morgan fingerprint density at radius 3 is 2.43 bits per heavy atom. The molecule has 0 spiro atoms. The second-order valence-electron chi connectivity index (χ2n) is 4.44. The van der Waals surface area contributed by atoms with E-state index in [4.69, 9.17) is 5.14 Å². The van der Waals surface area contributed by atoms with Crippen molar-refractivity contribution < 1.29 is 17.6 Å². The molecule has 1 aromatic carbocycles. The lowest BCUT2D eigenvalue weighted by Crippen LogP contribution is -2.13. The smallest absolute Gasteiger partial charge is 0.293 e. The average molecular weight is 336 g/mol. The fourth-order valence-corrected chi connectivity index (χ4v) is 2.51. The third-order valence-electron chi connectivity index (χ3n) is 2.32. The quantitative estimate of drug-likeness (QED) is 0.436. The SMILES string of the molecule is CS(C)(=O)=NCCNc1ccc(S(N)(=O)=O)cc1[N+](=O)[O-]. The molecular formula is C10H16N4O5S2. The molecule has 1 rings (SSSR count). The predicted molar refractivity (Wildman–Crippen MR) is 80.2 cm³/mol. The number of nitro benzene ring substituents is 1. The minimum atomic E-state index is -4.01. The van der Waals surface area contributed by atoms with Crippen LogP contribution in [0.4, 0.5) is 11.4 Å². The predicted octanol–water partition coefficient (Wildman–Crippen LogP) is 0.382. The number of nitrogens with two attached hydrogens (primary N) is 1. The van der Waals surface area contributed by atoms with Crippen LogP contribution in [0.15, 0.2) is 27.5 Å². The van der Waals surface area contributed by atoms with E-state index in [0.717, 1.165) is 6.07 Å². The van der Waals surface area contributed by atoms with E-state index in [0.29, 0.717) is 0 Å². The summed E-state index contributed by atoms with van der Waals surface area (Å²) in [6.45, 7) is 0.439. The van der Waals surface area contributed by atoms with Crippen molar-refractivity contribution in [2.45, 2.75) is 4.90 Å². The molecule has 0 atom stereocenters. The van der Waals surface area contributed by atoms with Crippen molar-refractivity contribution in [2.75, 3.05) is 30.9 Å². The lowest BCUT2D eigenvalue weighted by atomic mass is 10.2. The van der Waals surface area contributed by atoms with Gasteiger partial charge in [0, 0.05) is 34.9 Å². The molecule has 21 heavy (non-hydrogen) atoms. The van der Waals surface area contributed by atoms with Crippen molar-refractivity contribution in [1.82, 2.24) is 0 Å². The molecule has 118 valence electrons. The number of hydrogen-bond acceptors (Lipinski definition) is 7. The molecule has 1 aromatic rings. The largest absolute Gasteiger partial charge is 0.378 e. The molecule has 0 aromatic heterocycles. The van der Waals surface area contributed by atoms with E-state index in [1.807, 2.05) is 0 Å². The van der Waals surface area contributed by atoms with Crippen LogP contribution >= 0.6 is 0 Å². The Bertz CT molecular complexity index is 758. The third kappa shape index (κ3) is 5.65. The first-order valence-electron chi connectivity index (χ1n) is 5.69. The van der Waals surface area contributed by atoms with E-state index in [1.165, 1.54) is 24.6 Å². The van der Waals surface area contributed by atoms with Crippen molar-refractivity contribution in [3.05, 3.63) is 28.3 Å². The van der Waals surface area contributed by atoms with Crippen LogP contribution in [0.2, 0.25) is 0 Å². The Kier molecular flexibility index (Phi) is 5.25. The number of nitro groups is 1. The van der Waals surface area contributed by atoms with Gasteiger partial charge in [-0.1, -0.05) is 0 Å². The summed E-state index contributed by atoms with van der Waals surface area (Å²) in [6, 6.07) is 3.31. The van der Waals surface area contributed by atoms with Gasteiger partial charge in [0.25, 0.3) is 5.69 Å². The molecule has 3 N–H and O–H groups in total. The lowest BCUT2D eigenvalue weighted by molar-refractivity contribution is -0.384. The van der Waals surface area contributed by atoms with E-state index in [-0.39, 0.29) is 23.7 Å². The van der Waals surface area contributed by atoms with Crippen LogP contribution in [-0.2, 0) is 19.8 Å². The Labute approximate surface area is 122 Å². The molecule has 0 bridgehead atoms. The molecule has 0 aliphatic heterocycles. The number of nitrogens with one attached hydrogen (secondary N) is 1. The molecule has 0 amide bonds. The number of benzene rings is 1. The van der Waals surface area contributed by atoms with Crippen molar-refractivity contribution in [3.63, 3.8) is 0 Å². The summed E-state index contributed by atoms with van der Waals surface area (Å²) in [5.41, 5.74) is -0.267. The highest BCUT2D eigenvalue weighted by atomic mass is 32.2. The normalized spacial score (nSPS) is 12.0. The van der Waals surface area contributed by atoms with Gasteiger partial charge in [-0.3, -0.25) is 14.3 Å². The van der Waals surface area contributed by atoms with Crippen LogP contribution in [0.1, 0.15) is 0 Å². The Morgan fingerprint density at radius 2 is 1.95 bits per heavy atom. The van der Waals surface area contributed by atoms with E-state index < -0.39 is 30.4 Å². The summed E-state index contributed by atoms with van der Waals surface area (Å²) < 4.78 is 37.6. The van der Waals surface area contributed by atoms with Crippen LogP contribution in [0.3, 0.4) is 0 Å². The Morgan fingerprint density at radius 1 is 1.33 bits per heavy atom. The average Bonchev–Trinajstić information content (AvgIpc) is 2.32. The molecule has 0 radical (unpaired) electrons. The maximum absolute atomic E-state index is 11.3. The molecule has 0 saturated heterocycles. The zero-order chi connectivity index (χ0) is 16.3. The highest BCUT2D eigenvalue weighted by molar-refractivity contribution is 7.92. The number of sulfonamides is 1. The van der Waals surface area contributed by atoms with Gasteiger partial charge in [0.1, 0.15) is 5.69 Å². The van der Waals surface area contributed by atoms with Gasteiger partial charge in [0.15, 0.2) is 0 Å². The number of hydrogen-bond donors (Lipinski definition) is 2. The number of rotatable bonds is 6. The standard InChI is InChI=1S/C10H16N4O5S2/c1-20(2,17)13-6-5-12-9-4-3-8(21(11,18)19)7-10(9)14(15)16/h3-4,7,12H,5-6H2,1-2H3,(H2,11,18,19). The van der Waals surface area contributed by atoms with Crippen LogP contribution < -0.4 is 10.5 Å². The number of anilines is 1. The fourth-order valence-electron chi connectivity index (χ4n) is 1.45. The maximum Gasteiger partial charge on any atom is 0.293 e. The van der Waals surface area contributed by atoms with Gasteiger partial charge in [-0.15, -0.1) is 0 Å². The summed E-state index contributed by atoms with van der Waals surface area (Å²) in [4.78, 5) is 9.90. The third-order valence-corrected chi connectivity index (χ3v) is 4.04. The van der Waals surface area contributed by atoms with Crippen LogP contribution in [-0.4, -0.2) is 43.2 Å². The van der Waals surface area contributed by atoms with Gasteiger partial charge in [-0.05, 0) is 12.1 Å². The fraction of sp³-hybridized carbons (Fsp3) is 0.400. The van der Waals surface area contributed by atoms with Crippen LogP contribution in [0.25, 0.3) is 0 Å². The second kappa shape index (κ2) is 6.37. The topological polar surface area (TPSA) is 145 Å². The van der Waals surface area contributed by atoms with Crippen LogP contribution in [0, 0.1) is 10.1 Å². The van der Waals surface area contributed by atoms with Crippen molar-refractivity contribution >= 4 is 31.1 Å². The van der Waals surface area contributed by atoms with E-state index in [1.54, 1.807) is 0 Å². The first kappa shape index (κ1) is 17.3. The second-order valence-corrected chi connectivity index (χ2v) is 8.62. The van der Waals surface area contributed by atoms with Crippen molar-refractivity contribution in [1.29, 1.82) is 0 Å². The highest BCUT2D eigenvalue weighted by Gasteiger charge is 2.18. The molecule has 11 heteroatoms. The molecule has 0 fully saturated rings.